The zero-order valence-corrected chi connectivity index (χ0v) is 10.8. The molecule has 17 heavy (non-hydrogen) atoms. The summed E-state index contributed by atoms with van der Waals surface area (Å²) in [7, 11) is 0. The fraction of sp³-hybridized carbons (Fsp3) is 0.600. The molecule has 0 aromatic carbocycles. The molecule has 0 amide bonds. The number of hydrogen-bond acceptors (Lipinski definition) is 7. The molecule has 7 heteroatoms. The van der Waals surface area contributed by atoms with Gasteiger partial charge in [0.05, 0.1) is 5.25 Å². The quantitative estimate of drug-likeness (QED) is 0.759. The second-order valence-electron chi connectivity index (χ2n) is 3.64. The van der Waals surface area contributed by atoms with Crippen LogP contribution in [-0.4, -0.2) is 20.3 Å². The van der Waals surface area contributed by atoms with Crippen molar-refractivity contribution in [3.05, 3.63) is 17.6 Å². The highest BCUT2D eigenvalue weighted by molar-refractivity contribution is 7.99. The second-order valence-corrected chi connectivity index (χ2v) is 4.94. The van der Waals surface area contributed by atoms with E-state index in [1.54, 1.807) is 6.92 Å². The van der Waals surface area contributed by atoms with Gasteiger partial charge in [0.15, 0.2) is 5.82 Å². The Balaban J connectivity index is 1.99. The van der Waals surface area contributed by atoms with E-state index in [0.717, 1.165) is 12.8 Å². The van der Waals surface area contributed by atoms with E-state index >= 15 is 0 Å². The van der Waals surface area contributed by atoms with Gasteiger partial charge in [-0.15, -0.1) is 10.2 Å². The SMILES string of the molecule is CCCc1nnc(S[C@H](C)c2noc(C)n2)o1. The first-order chi connectivity index (χ1) is 8.19. The highest BCUT2D eigenvalue weighted by Gasteiger charge is 2.17. The Morgan fingerprint density at radius 3 is 2.82 bits per heavy atom. The Bertz CT molecular complexity index is 482. The largest absolute Gasteiger partial charge is 0.416 e. The molecule has 1 atom stereocenters. The molecule has 0 fully saturated rings. The van der Waals surface area contributed by atoms with Gasteiger partial charge in [0.1, 0.15) is 0 Å². The van der Waals surface area contributed by atoms with Gasteiger partial charge in [0, 0.05) is 13.3 Å². The van der Waals surface area contributed by atoms with Crippen molar-refractivity contribution < 1.29 is 8.94 Å². The van der Waals surface area contributed by atoms with E-state index < -0.39 is 0 Å². The van der Waals surface area contributed by atoms with E-state index in [0.29, 0.717) is 22.8 Å². The van der Waals surface area contributed by atoms with Crippen LogP contribution in [0.1, 0.15) is 43.1 Å². The Hall–Kier alpha value is -1.37. The van der Waals surface area contributed by atoms with Gasteiger partial charge in [-0.3, -0.25) is 0 Å². The number of thioether (sulfide) groups is 1. The van der Waals surface area contributed by atoms with E-state index in [1.807, 2.05) is 6.92 Å². The topological polar surface area (TPSA) is 77.8 Å². The van der Waals surface area contributed by atoms with E-state index in [1.165, 1.54) is 11.8 Å². The fourth-order valence-corrected chi connectivity index (χ4v) is 2.02. The third-order valence-electron chi connectivity index (χ3n) is 2.10. The third kappa shape index (κ3) is 3.06. The number of hydrogen-bond donors (Lipinski definition) is 0. The van der Waals surface area contributed by atoms with Crippen molar-refractivity contribution >= 4 is 11.8 Å². The average Bonchev–Trinajstić information content (AvgIpc) is 2.88. The fourth-order valence-electron chi connectivity index (χ4n) is 1.28. The average molecular weight is 254 g/mol. The molecule has 0 saturated carbocycles. The van der Waals surface area contributed by atoms with E-state index in [4.69, 9.17) is 8.94 Å². The molecule has 6 nitrogen and oxygen atoms in total. The lowest BCUT2D eigenvalue weighted by atomic mass is 10.3. The Labute approximate surface area is 103 Å². The molecule has 0 radical (unpaired) electrons. The van der Waals surface area contributed by atoms with Crippen molar-refractivity contribution in [1.29, 1.82) is 0 Å². The summed E-state index contributed by atoms with van der Waals surface area (Å²) >= 11 is 1.43. The lowest BCUT2D eigenvalue weighted by molar-refractivity contribution is 0.387. The van der Waals surface area contributed by atoms with Gasteiger partial charge in [-0.2, -0.15) is 4.98 Å². The summed E-state index contributed by atoms with van der Waals surface area (Å²) in [6, 6.07) is 0. The van der Waals surface area contributed by atoms with Gasteiger partial charge in [-0.05, 0) is 13.3 Å². The number of aryl methyl sites for hydroxylation is 2. The van der Waals surface area contributed by atoms with Crippen molar-refractivity contribution in [2.75, 3.05) is 0 Å². The lowest BCUT2D eigenvalue weighted by Gasteiger charge is -2.00. The first-order valence-electron chi connectivity index (χ1n) is 5.48. The molecule has 2 aromatic rings. The minimum absolute atomic E-state index is 0.0300. The minimum atomic E-state index is 0.0300. The Morgan fingerprint density at radius 2 is 2.18 bits per heavy atom. The van der Waals surface area contributed by atoms with Gasteiger partial charge in [0.2, 0.25) is 11.8 Å². The van der Waals surface area contributed by atoms with Crippen LogP contribution in [0.4, 0.5) is 0 Å². The summed E-state index contributed by atoms with van der Waals surface area (Å²) in [4.78, 5) is 4.16. The molecule has 0 aliphatic carbocycles. The molecule has 2 rings (SSSR count). The smallest absolute Gasteiger partial charge is 0.277 e. The molecule has 0 aliphatic rings. The maximum absolute atomic E-state index is 5.48. The molecule has 0 spiro atoms. The van der Waals surface area contributed by atoms with Crippen LogP contribution in [0.15, 0.2) is 14.2 Å². The third-order valence-corrected chi connectivity index (χ3v) is 3.03. The molecule has 92 valence electrons. The summed E-state index contributed by atoms with van der Waals surface area (Å²) < 4.78 is 10.4. The van der Waals surface area contributed by atoms with Crippen LogP contribution < -0.4 is 0 Å². The molecule has 0 saturated heterocycles. The van der Waals surface area contributed by atoms with Gasteiger partial charge in [-0.25, -0.2) is 0 Å². The summed E-state index contributed by atoms with van der Waals surface area (Å²) in [5, 5.41) is 12.4. The normalized spacial score (nSPS) is 12.9. The standard InChI is InChI=1S/C10H14N4O2S/c1-4-5-8-12-13-10(15-8)17-6(2)9-11-7(3)16-14-9/h6H,4-5H2,1-3H3/t6-/m1/s1. The van der Waals surface area contributed by atoms with Crippen LogP contribution in [0.3, 0.4) is 0 Å². The summed E-state index contributed by atoms with van der Waals surface area (Å²) in [5.74, 6) is 1.87. The van der Waals surface area contributed by atoms with Crippen molar-refractivity contribution in [2.24, 2.45) is 0 Å². The maximum Gasteiger partial charge on any atom is 0.277 e. The molecule has 0 unspecified atom stereocenters. The summed E-state index contributed by atoms with van der Waals surface area (Å²) in [6.07, 6.45) is 1.80. The van der Waals surface area contributed by atoms with E-state index in [2.05, 4.69) is 27.3 Å². The first kappa shape index (κ1) is 12.1. The van der Waals surface area contributed by atoms with Gasteiger partial charge >= 0.3 is 0 Å². The highest BCUT2D eigenvalue weighted by atomic mass is 32.2. The summed E-state index contributed by atoms with van der Waals surface area (Å²) in [6.45, 7) is 5.81. The zero-order chi connectivity index (χ0) is 12.3. The van der Waals surface area contributed by atoms with Crippen LogP contribution in [-0.2, 0) is 6.42 Å². The van der Waals surface area contributed by atoms with E-state index in [-0.39, 0.29) is 5.25 Å². The van der Waals surface area contributed by atoms with Crippen molar-refractivity contribution in [3.8, 4) is 0 Å². The van der Waals surface area contributed by atoms with E-state index in [9.17, 15) is 0 Å². The van der Waals surface area contributed by atoms with Crippen LogP contribution in [0.25, 0.3) is 0 Å². The molecule has 0 bridgehead atoms. The monoisotopic (exact) mass is 254 g/mol. The molecule has 0 aliphatic heterocycles. The number of rotatable bonds is 5. The van der Waals surface area contributed by atoms with Crippen LogP contribution in [0, 0.1) is 6.92 Å². The van der Waals surface area contributed by atoms with Crippen molar-refractivity contribution in [3.63, 3.8) is 0 Å². The molecular weight excluding hydrogens is 240 g/mol. The van der Waals surface area contributed by atoms with Crippen LogP contribution in [0.5, 0.6) is 0 Å². The highest BCUT2D eigenvalue weighted by Crippen LogP contribution is 2.32. The predicted octanol–water partition coefficient (Wildman–Crippen LogP) is 2.57. The van der Waals surface area contributed by atoms with Gasteiger partial charge < -0.3 is 8.94 Å². The number of nitrogens with zero attached hydrogens (tertiary/aromatic N) is 4. The maximum atomic E-state index is 5.48. The zero-order valence-electron chi connectivity index (χ0n) is 10.0. The minimum Gasteiger partial charge on any atom is -0.416 e. The molecule has 2 heterocycles. The van der Waals surface area contributed by atoms with Crippen LogP contribution in [0.2, 0.25) is 0 Å². The number of aromatic nitrogens is 4. The Morgan fingerprint density at radius 1 is 1.35 bits per heavy atom. The molecule has 2 aromatic heterocycles. The molecular formula is C10H14N4O2S. The van der Waals surface area contributed by atoms with Crippen molar-refractivity contribution in [1.82, 2.24) is 20.3 Å². The summed E-state index contributed by atoms with van der Waals surface area (Å²) in [5.41, 5.74) is 0. The predicted molar refractivity (Wildman–Crippen MR) is 61.6 cm³/mol. The van der Waals surface area contributed by atoms with Gasteiger partial charge in [-0.1, -0.05) is 23.8 Å². The van der Waals surface area contributed by atoms with Crippen LogP contribution >= 0.6 is 11.8 Å². The van der Waals surface area contributed by atoms with Crippen molar-refractivity contribution in [2.45, 2.75) is 44.1 Å². The first-order valence-corrected chi connectivity index (χ1v) is 6.36. The Kier molecular flexibility index (Phi) is 3.78. The van der Waals surface area contributed by atoms with Gasteiger partial charge in [0.25, 0.3) is 5.22 Å². The lowest BCUT2D eigenvalue weighted by Crippen LogP contribution is -1.91. The second kappa shape index (κ2) is 5.31. The molecule has 0 N–H and O–H groups in total.